The Morgan fingerprint density at radius 2 is 2.12 bits per heavy atom. The van der Waals surface area contributed by atoms with E-state index >= 15 is 0 Å². The first-order valence-corrected chi connectivity index (χ1v) is 9.30. The number of ether oxygens (including phenoxy) is 2. The molecule has 0 amide bonds. The molecule has 2 aliphatic rings. The summed E-state index contributed by atoms with van der Waals surface area (Å²) in [5.74, 6) is 0.991. The monoisotopic (exact) mass is 349 g/mol. The maximum Gasteiger partial charge on any atom is 0.128 e. The lowest BCUT2D eigenvalue weighted by atomic mass is 9.93. The maximum absolute atomic E-state index is 10.7. The molecule has 2 saturated heterocycles. The summed E-state index contributed by atoms with van der Waals surface area (Å²) in [6.07, 6.45) is 5.56. The predicted octanol–water partition coefficient (Wildman–Crippen LogP) is 1.32. The van der Waals surface area contributed by atoms with Crippen LogP contribution < -0.4 is 4.90 Å². The lowest BCUT2D eigenvalue weighted by Crippen LogP contribution is -2.52. The van der Waals surface area contributed by atoms with E-state index in [0.717, 1.165) is 57.7 Å². The van der Waals surface area contributed by atoms with Gasteiger partial charge in [0.05, 0.1) is 18.3 Å². The Balaban J connectivity index is 1.49. The molecule has 0 saturated carbocycles. The number of aromatic nitrogens is 1. The number of aliphatic hydroxyl groups is 1. The molecular formula is C19H31N3O3. The van der Waals surface area contributed by atoms with Gasteiger partial charge in [-0.1, -0.05) is 0 Å². The minimum absolute atomic E-state index is 0.230. The van der Waals surface area contributed by atoms with E-state index in [1.807, 2.05) is 25.2 Å². The summed E-state index contributed by atoms with van der Waals surface area (Å²) in [5.41, 5.74) is 0.703. The van der Waals surface area contributed by atoms with Crippen molar-refractivity contribution in [1.29, 1.82) is 0 Å². The largest absolute Gasteiger partial charge is 0.388 e. The lowest BCUT2D eigenvalue weighted by molar-refractivity contribution is -0.103. The van der Waals surface area contributed by atoms with Crippen LogP contribution in [0.15, 0.2) is 18.3 Å². The Bertz CT molecular complexity index is 546. The summed E-state index contributed by atoms with van der Waals surface area (Å²) in [4.78, 5) is 8.75. The number of aryl methyl sites for hydroxylation is 1. The van der Waals surface area contributed by atoms with Crippen LogP contribution >= 0.6 is 0 Å². The Kier molecular flexibility index (Phi) is 6.28. The van der Waals surface area contributed by atoms with Crippen LogP contribution in [0, 0.1) is 0 Å². The lowest BCUT2D eigenvalue weighted by Gasteiger charge is -2.40. The number of hydrogen-bond acceptors (Lipinski definition) is 6. The van der Waals surface area contributed by atoms with Crippen LogP contribution in [0.2, 0.25) is 0 Å². The van der Waals surface area contributed by atoms with E-state index in [1.54, 1.807) is 0 Å². The summed E-state index contributed by atoms with van der Waals surface area (Å²) in [6, 6.07) is 4.23. The highest BCUT2D eigenvalue weighted by atomic mass is 16.5. The molecule has 25 heavy (non-hydrogen) atoms. The minimum atomic E-state index is -0.591. The van der Waals surface area contributed by atoms with Gasteiger partial charge in [0.25, 0.3) is 0 Å². The molecular weight excluding hydrogens is 318 g/mol. The number of morpholine rings is 1. The zero-order chi connectivity index (χ0) is 17.7. The first kappa shape index (κ1) is 18.6. The fourth-order valence-corrected chi connectivity index (χ4v) is 3.61. The van der Waals surface area contributed by atoms with Crippen LogP contribution in [0.25, 0.3) is 0 Å². The minimum Gasteiger partial charge on any atom is -0.388 e. The first-order valence-electron chi connectivity index (χ1n) is 9.30. The average Bonchev–Trinajstić information content (AvgIpc) is 2.61. The molecule has 2 aliphatic heterocycles. The molecule has 1 aromatic heterocycles. The second-order valence-electron chi connectivity index (χ2n) is 7.52. The molecule has 6 nitrogen and oxygen atoms in total. The molecule has 3 rings (SSSR count). The van der Waals surface area contributed by atoms with Crippen LogP contribution in [0.4, 0.5) is 5.82 Å². The normalized spacial score (nSPS) is 24.2. The molecule has 6 heteroatoms. The Morgan fingerprint density at radius 3 is 2.88 bits per heavy atom. The summed E-state index contributed by atoms with van der Waals surface area (Å²) >= 11 is 0. The van der Waals surface area contributed by atoms with Gasteiger partial charge in [0.2, 0.25) is 0 Å². The van der Waals surface area contributed by atoms with Gasteiger partial charge in [-0.3, -0.25) is 4.90 Å². The summed E-state index contributed by atoms with van der Waals surface area (Å²) in [6.45, 7) is 4.61. The van der Waals surface area contributed by atoms with Crippen LogP contribution in [0.5, 0.6) is 0 Å². The molecule has 140 valence electrons. The first-order chi connectivity index (χ1) is 12.0. The van der Waals surface area contributed by atoms with E-state index in [0.29, 0.717) is 13.2 Å². The van der Waals surface area contributed by atoms with Gasteiger partial charge in [-0.15, -0.1) is 0 Å². The standard InChI is InChI=1S/C19H31N3O3/c1-21(2)18-13-16(5-8-20-18)3-4-17-14-22(9-12-25-17)15-19(23)6-10-24-11-7-19/h5,8,13,17,23H,3-4,6-7,9-12,14-15H2,1-2H3/t17-/m1/s1. The zero-order valence-corrected chi connectivity index (χ0v) is 15.5. The van der Waals surface area contributed by atoms with Crippen molar-refractivity contribution in [2.75, 3.05) is 58.5 Å². The van der Waals surface area contributed by atoms with E-state index in [-0.39, 0.29) is 6.10 Å². The van der Waals surface area contributed by atoms with E-state index in [2.05, 4.69) is 22.0 Å². The smallest absolute Gasteiger partial charge is 0.128 e. The second-order valence-corrected chi connectivity index (χ2v) is 7.52. The van der Waals surface area contributed by atoms with Gasteiger partial charge in [-0.25, -0.2) is 4.98 Å². The third kappa shape index (κ3) is 5.38. The quantitative estimate of drug-likeness (QED) is 0.836. The summed E-state index contributed by atoms with van der Waals surface area (Å²) in [7, 11) is 4.02. The predicted molar refractivity (Wildman–Crippen MR) is 98.1 cm³/mol. The number of nitrogens with zero attached hydrogens (tertiary/aromatic N) is 3. The highest BCUT2D eigenvalue weighted by Gasteiger charge is 2.33. The van der Waals surface area contributed by atoms with Gasteiger partial charge < -0.3 is 19.5 Å². The van der Waals surface area contributed by atoms with Crippen molar-refractivity contribution >= 4 is 5.82 Å². The molecule has 1 atom stereocenters. The van der Waals surface area contributed by atoms with Crippen LogP contribution in [-0.4, -0.2) is 80.2 Å². The van der Waals surface area contributed by atoms with Gasteiger partial charge in [0.15, 0.2) is 0 Å². The van der Waals surface area contributed by atoms with Crippen molar-refractivity contribution < 1.29 is 14.6 Å². The van der Waals surface area contributed by atoms with Crippen molar-refractivity contribution in [3.8, 4) is 0 Å². The Labute approximate surface area is 150 Å². The summed E-state index contributed by atoms with van der Waals surface area (Å²) in [5, 5.41) is 10.7. The van der Waals surface area contributed by atoms with Gasteiger partial charge in [0.1, 0.15) is 5.82 Å². The van der Waals surface area contributed by atoms with Gasteiger partial charge in [0, 0.05) is 66.0 Å². The van der Waals surface area contributed by atoms with Gasteiger partial charge in [-0.05, 0) is 30.5 Å². The second kappa shape index (κ2) is 8.45. The van der Waals surface area contributed by atoms with Gasteiger partial charge in [-0.2, -0.15) is 0 Å². The molecule has 0 bridgehead atoms. The fraction of sp³-hybridized carbons (Fsp3) is 0.737. The molecule has 3 heterocycles. The molecule has 1 N–H and O–H groups in total. The number of pyridine rings is 1. The third-order valence-electron chi connectivity index (χ3n) is 5.19. The topological polar surface area (TPSA) is 58.1 Å². The SMILES string of the molecule is CN(C)c1cc(CC[C@@H]2CN(CC3(O)CCOCC3)CCO2)ccn1. The molecule has 0 spiro atoms. The Hall–Kier alpha value is -1.21. The number of anilines is 1. The van der Waals surface area contributed by atoms with E-state index in [9.17, 15) is 5.11 Å². The molecule has 0 aliphatic carbocycles. The maximum atomic E-state index is 10.7. The van der Waals surface area contributed by atoms with Crippen molar-refractivity contribution in [3.05, 3.63) is 23.9 Å². The zero-order valence-electron chi connectivity index (χ0n) is 15.5. The van der Waals surface area contributed by atoms with Crippen molar-refractivity contribution in [2.45, 2.75) is 37.4 Å². The number of rotatable bonds is 6. The van der Waals surface area contributed by atoms with Crippen molar-refractivity contribution in [3.63, 3.8) is 0 Å². The molecule has 0 aromatic carbocycles. The van der Waals surface area contributed by atoms with Crippen LogP contribution in [-0.2, 0) is 15.9 Å². The average molecular weight is 349 g/mol. The summed E-state index contributed by atoms with van der Waals surface area (Å²) < 4.78 is 11.3. The van der Waals surface area contributed by atoms with E-state index in [4.69, 9.17) is 9.47 Å². The van der Waals surface area contributed by atoms with E-state index in [1.165, 1.54) is 5.56 Å². The molecule has 0 unspecified atom stereocenters. The van der Waals surface area contributed by atoms with Crippen molar-refractivity contribution in [2.24, 2.45) is 0 Å². The molecule has 2 fully saturated rings. The van der Waals surface area contributed by atoms with Crippen LogP contribution in [0.3, 0.4) is 0 Å². The van der Waals surface area contributed by atoms with Crippen LogP contribution in [0.1, 0.15) is 24.8 Å². The number of hydrogen-bond donors (Lipinski definition) is 1. The van der Waals surface area contributed by atoms with Crippen molar-refractivity contribution in [1.82, 2.24) is 9.88 Å². The highest BCUT2D eigenvalue weighted by molar-refractivity contribution is 5.39. The van der Waals surface area contributed by atoms with Gasteiger partial charge >= 0.3 is 0 Å². The fourth-order valence-electron chi connectivity index (χ4n) is 3.61. The third-order valence-corrected chi connectivity index (χ3v) is 5.19. The van der Waals surface area contributed by atoms with E-state index < -0.39 is 5.60 Å². The highest BCUT2D eigenvalue weighted by Crippen LogP contribution is 2.23. The molecule has 1 aromatic rings. The molecule has 0 radical (unpaired) electrons. The number of β-amino-alcohol motifs (C(OH)–C–C–N with tert-alkyl or cyclic N) is 1. The Morgan fingerprint density at radius 1 is 1.32 bits per heavy atom.